The molecule has 1 aromatic carbocycles. The second kappa shape index (κ2) is 8.87. The van der Waals surface area contributed by atoms with E-state index in [4.69, 9.17) is 16.3 Å². The third kappa shape index (κ3) is 4.51. The van der Waals surface area contributed by atoms with Crippen molar-refractivity contribution in [2.75, 3.05) is 6.54 Å². The van der Waals surface area contributed by atoms with Gasteiger partial charge in [-0.25, -0.2) is 0 Å². The van der Waals surface area contributed by atoms with E-state index in [0.29, 0.717) is 16.4 Å². The van der Waals surface area contributed by atoms with Crippen LogP contribution >= 0.6 is 11.6 Å². The fourth-order valence-corrected chi connectivity index (χ4v) is 2.58. The minimum atomic E-state index is -0.637. The highest BCUT2D eigenvalue weighted by Crippen LogP contribution is 2.25. The number of carbonyl (C=O) groups is 1. The lowest BCUT2D eigenvalue weighted by atomic mass is 10.1. The Morgan fingerprint density at radius 2 is 2.07 bits per heavy atom. The van der Waals surface area contributed by atoms with Crippen LogP contribution in [-0.2, 0) is 4.79 Å². The van der Waals surface area contributed by atoms with E-state index >= 15 is 0 Å². The Kier molecular flexibility index (Phi) is 6.07. The fraction of sp³-hybridized carbons (Fsp3) is 0.0476. The van der Waals surface area contributed by atoms with Crippen molar-refractivity contribution in [3.05, 3.63) is 87.8 Å². The highest BCUT2D eigenvalue weighted by atomic mass is 35.5. The monoisotopic (exact) mass is 406 g/mol. The summed E-state index contributed by atoms with van der Waals surface area (Å²) in [6.07, 6.45) is 4.19. The first kappa shape index (κ1) is 19.9. The molecule has 3 rings (SSSR count). The van der Waals surface area contributed by atoms with Crippen LogP contribution < -0.4 is 15.6 Å². The summed E-state index contributed by atoms with van der Waals surface area (Å²) in [7, 11) is 0. The number of hydrogen-bond donors (Lipinski definition) is 1. The quantitative estimate of drug-likeness (QED) is 0.384. The molecule has 29 heavy (non-hydrogen) atoms. The van der Waals surface area contributed by atoms with Crippen molar-refractivity contribution in [1.82, 2.24) is 14.7 Å². The maximum Gasteiger partial charge on any atom is 0.269 e. The number of benzene rings is 1. The number of aromatic nitrogens is 2. The predicted molar refractivity (Wildman–Crippen MR) is 110 cm³/mol. The Bertz CT molecular complexity index is 1210. The Morgan fingerprint density at radius 3 is 2.76 bits per heavy atom. The lowest BCUT2D eigenvalue weighted by Crippen LogP contribution is -2.25. The van der Waals surface area contributed by atoms with Gasteiger partial charge >= 0.3 is 0 Å². The molecular formula is C21H15ClN4O3. The Labute approximate surface area is 171 Å². The second-order valence-corrected chi connectivity index (χ2v) is 6.23. The molecule has 0 spiro atoms. The normalized spacial score (nSPS) is 11.0. The Morgan fingerprint density at radius 1 is 1.31 bits per heavy atom. The standard InChI is InChI=1S/C21H15ClN4O3/c1-2-10-24-19(27)14(13-23)12-17-20(29-16-8-6-15(22)7-9-16)25-18-5-3-4-11-26(18)21(17)28/h2-9,11-12H,1,10H2,(H,24,27)/b14-12+. The molecule has 0 aliphatic rings. The van der Waals surface area contributed by atoms with Gasteiger partial charge in [0.15, 0.2) is 0 Å². The van der Waals surface area contributed by atoms with Crippen LogP contribution in [0.2, 0.25) is 5.02 Å². The van der Waals surface area contributed by atoms with Crippen LogP contribution in [0.3, 0.4) is 0 Å². The Hall–Kier alpha value is -3.89. The molecule has 0 aliphatic carbocycles. The first-order chi connectivity index (χ1) is 14.0. The zero-order chi connectivity index (χ0) is 20.8. The molecule has 0 radical (unpaired) electrons. The fourth-order valence-electron chi connectivity index (χ4n) is 2.45. The van der Waals surface area contributed by atoms with Crippen molar-refractivity contribution in [3.63, 3.8) is 0 Å². The van der Waals surface area contributed by atoms with E-state index in [2.05, 4.69) is 16.9 Å². The first-order valence-corrected chi connectivity index (χ1v) is 8.87. The molecule has 1 amide bonds. The van der Waals surface area contributed by atoms with Gasteiger partial charge in [0.25, 0.3) is 11.5 Å². The number of amides is 1. The number of hydrogen-bond acceptors (Lipinski definition) is 5. The van der Waals surface area contributed by atoms with Crippen LogP contribution in [0.1, 0.15) is 5.56 Å². The molecule has 0 aliphatic heterocycles. The van der Waals surface area contributed by atoms with Gasteiger partial charge in [-0.1, -0.05) is 23.7 Å². The number of carbonyl (C=O) groups excluding carboxylic acids is 1. The number of fused-ring (bicyclic) bond motifs is 1. The minimum absolute atomic E-state index is 0.0334. The molecule has 8 heteroatoms. The zero-order valence-corrected chi connectivity index (χ0v) is 15.9. The van der Waals surface area contributed by atoms with Crippen LogP contribution in [0.4, 0.5) is 0 Å². The van der Waals surface area contributed by atoms with Gasteiger partial charge in [0.1, 0.15) is 28.6 Å². The number of nitrogens with one attached hydrogen (secondary N) is 1. The highest BCUT2D eigenvalue weighted by molar-refractivity contribution is 6.30. The van der Waals surface area contributed by atoms with Crippen LogP contribution in [0.25, 0.3) is 11.7 Å². The molecule has 0 saturated carbocycles. The largest absolute Gasteiger partial charge is 0.438 e. The van der Waals surface area contributed by atoms with Crippen molar-refractivity contribution in [2.24, 2.45) is 0 Å². The lowest BCUT2D eigenvalue weighted by molar-refractivity contribution is -0.116. The molecule has 0 saturated heterocycles. The van der Waals surface area contributed by atoms with Gasteiger partial charge in [-0.3, -0.25) is 14.0 Å². The van der Waals surface area contributed by atoms with E-state index < -0.39 is 11.5 Å². The smallest absolute Gasteiger partial charge is 0.269 e. The van der Waals surface area contributed by atoms with Crippen LogP contribution in [0.5, 0.6) is 11.6 Å². The second-order valence-electron chi connectivity index (χ2n) is 5.79. The summed E-state index contributed by atoms with van der Waals surface area (Å²) in [5, 5.41) is 12.4. The average molecular weight is 407 g/mol. The number of halogens is 1. The maximum atomic E-state index is 13.0. The van der Waals surface area contributed by atoms with Crippen LogP contribution in [-0.4, -0.2) is 21.8 Å². The van der Waals surface area contributed by atoms with Gasteiger partial charge in [-0.05, 0) is 42.5 Å². The summed E-state index contributed by atoms with van der Waals surface area (Å²) in [6, 6.07) is 13.3. The van der Waals surface area contributed by atoms with Gasteiger partial charge in [0, 0.05) is 17.8 Å². The molecule has 2 aromatic heterocycles. The molecule has 0 atom stereocenters. The van der Waals surface area contributed by atoms with E-state index in [1.54, 1.807) is 48.5 Å². The topological polar surface area (TPSA) is 96.5 Å². The molecule has 7 nitrogen and oxygen atoms in total. The van der Waals surface area contributed by atoms with E-state index in [-0.39, 0.29) is 23.6 Å². The number of ether oxygens (including phenoxy) is 1. The summed E-state index contributed by atoms with van der Waals surface area (Å²) < 4.78 is 7.08. The SMILES string of the molecule is C=CCNC(=O)/C(C#N)=C/c1c(Oc2ccc(Cl)cc2)nc2ccccn2c1=O. The first-order valence-electron chi connectivity index (χ1n) is 8.49. The number of nitriles is 1. The van der Waals surface area contributed by atoms with E-state index in [1.807, 2.05) is 0 Å². The minimum Gasteiger partial charge on any atom is -0.438 e. The van der Waals surface area contributed by atoms with Crippen LogP contribution in [0.15, 0.2) is 71.7 Å². The number of rotatable bonds is 6. The molecule has 2 heterocycles. The molecular weight excluding hydrogens is 392 g/mol. The van der Waals surface area contributed by atoms with Crippen molar-refractivity contribution >= 4 is 29.2 Å². The molecule has 1 N–H and O–H groups in total. The molecule has 0 fully saturated rings. The van der Waals surface area contributed by atoms with Crippen molar-refractivity contribution < 1.29 is 9.53 Å². The van der Waals surface area contributed by atoms with Gasteiger partial charge in [-0.15, -0.1) is 6.58 Å². The third-order valence-corrected chi connectivity index (χ3v) is 4.07. The lowest BCUT2D eigenvalue weighted by Gasteiger charge is -2.10. The van der Waals surface area contributed by atoms with Gasteiger partial charge in [0.05, 0.1) is 0 Å². The third-order valence-electron chi connectivity index (χ3n) is 3.82. The number of pyridine rings is 1. The average Bonchev–Trinajstić information content (AvgIpc) is 2.73. The zero-order valence-electron chi connectivity index (χ0n) is 15.1. The van der Waals surface area contributed by atoms with Crippen molar-refractivity contribution in [3.8, 4) is 17.7 Å². The van der Waals surface area contributed by atoms with E-state index in [1.165, 1.54) is 22.7 Å². The molecule has 0 bridgehead atoms. The van der Waals surface area contributed by atoms with Crippen molar-refractivity contribution in [1.29, 1.82) is 5.26 Å². The van der Waals surface area contributed by atoms with Crippen molar-refractivity contribution in [2.45, 2.75) is 0 Å². The predicted octanol–water partition coefficient (Wildman–Crippen LogP) is 3.35. The summed E-state index contributed by atoms with van der Waals surface area (Å²) in [5.41, 5.74) is -0.423. The molecule has 3 aromatic rings. The summed E-state index contributed by atoms with van der Waals surface area (Å²) in [4.78, 5) is 29.6. The number of nitrogens with zero attached hydrogens (tertiary/aromatic N) is 3. The molecule has 0 unspecified atom stereocenters. The van der Waals surface area contributed by atoms with E-state index in [0.717, 1.165) is 0 Å². The Balaban J connectivity index is 2.16. The highest BCUT2D eigenvalue weighted by Gasteiger charge is 2.17. The summed E-state index contributed by atoms with van der Waals surface area (Å²) in [6.45, 7) is 3.69. The molecule has 144 valence electrons. The maximum absolute atomic E-state index is 13.0. The van der Waals surface area contributed by atoms with Gasteiger partial charge in [0.2, 0.25) is 5.88 Å². The van der Waals surface area contributed by atoms with E-state index in [9.17, 15) is 14.9 Å². The van der Waals surface area contributed by atoms with Gasteiger partial charge < -0.3 is 10.1 Å². The van der Waals surface area contributed by atoms with Crippen LogP contribution in [0, 0.1) is 11.3 Å². The summed E-state index contributed by atoms with van der Waals surface area (Å²) in [5.74, 6) is -0.277. The summed E-state index contributed by atoms with van der Waals surface area (Å²) >= 11 is 5.89. The van der Waals surface area contributed by atoms with Gasteiger partial charge in [-0.2, -0.15) is 10.2 Å².